The molecular formula is C19H26N2O5. The number of hydrogen-bond donors (Lipinski definition) is 1. The molecule has 1 aromatic rings. The van der Waals surface area contributed by atoms with Gasteiger partial charge in [0.25, 0.3) is 0 Å². The average molecular weight is 362 g/mol. The van der Waals surface area contributed by atoms with Crippen LogP contribution in [-0.4, -0.2) is 72.7 Å². The van der Waals surface area contributed by atoms with Crippen LogP contribution in [-0.2, 0) is 16.0 Å². The second-order valence-corrected chi connectivity index (χ2v) is 6.93. The maximum absolute atomic E-state index is 12.7. The van der Waals surface area contributed by atoms with Crippen molar-refractivity contribution in [1.29, 1.82) is 0 Å². The lowest BCUT2D eigenvalue weighted by atomic mass is 10.1. The number of likely N-dealkylation sites (N-methyl/N-ethyl adjacent to an activating group) is 1. The maximum atomic E-state index is 12.7. The standard InChI is InChI=1S/C19H26N2O5/c1-20(13-19(23)24)15-3-2-7-21(8-6-15)18(22)12-14-4-5-16-17(11-14)26-10-9-25-16/h4-5,11,15H,2-3,6-10,12-13H2,1H3,(H,23,24). The minimum Gasteiger partial charge on any atom is -0.486 e. The van der Waals surface area contributed by atoms with Crippen LogP contribution in [0, 0.1) is 0 Å². The van der Waals surface area contributed by atoms with Gasteiger partial charge < -0.3 is 19.5 Å². The van der Waals surface area contributed by atoms with E-state index in [1.54, 1.807) is 0 Å². The van der Waals surface area contributed by atoms with Gasteiger partial charge >= 0.3 is 5.97 Å². The topological polar surface area (TPSA) is 79.3 Å². The van der Waals surface area contributed by atoms with Gasteiger partial charge in [-0.2, -0.15) is 0 Å². The first kappa shape index (κ1) is 18.5. The Balaban J connectivity index is 1.56. The SMILES string of the molecule is CN(CC(=O)O)C1CCCN(C(=O)Cc2ccc3c(c2)OCCO3)CC1. The van der Waals surface area contributed by atoms with E-state index >= 15 is 0 Å². The maximum Gasteiger partial charge on any atom is 0.317 e. The molecule has 1 N–H and O–H groups in total. The summed E-state index contributed by atoms with van der Waals surface area (Å²) in [5.41, 5.74) is 0.919. The summed E-state index contributed by atoms with van der Waals surface area (Å²) in [6.45, 7) is 2.51. The molecule has 0 spiro atoms. The van der Waals surface area contributed by atoms with Crippen LogP contribution in [0.3, 0.4) is 0 Å². The quantitative estimate of drug-likeness (QED) is 0.853. The molecule has 1 amide bonds. The van der Waals surface area contributed by atoms with E-state index in [1.165, 1.54) is 0 Å². The summed E-state index contributed by atoms with van der Waals surface area (Å²) in [6, 6.07) is 5.86. The van der Waals surface area contributed by atoms with Crippen LogP contribution in [0.1, 0.15) is 24.8 Å². The molecule has 1 fully saturated rings. The van der Waals surface area contributed by atoms with Gasteiger partial charge in [-0.05, 0) is 44.0 Å². The van der Waals surface area contributed by atoms with Crippen LogP contribution in [0.25, 0.3) is 0 Å². The van der Waals surface area contributed by atoms with Crippen molar-refractivity contribution in [2.45, 2.75) is 31.7 Å². The zero-order valence-corrected chi connectivity index (χ0v) is 15.1. The van der Waals surface area contributed by atoms with Gasteiger partial charge in [-0.3, -0.25) is 14.5 Å². The third kappa shape index (κ3) is 4.66. The van der Waals surface area contributed by atoms with Crippen molar-refractivity contribution in [2.75, 3.05) is 39.9 Å². The van der Waals surface area contributed by atoms with Gasteiger partial charge in [0.2, 0.25) is 5.91 Å². The molecule has 2 aliphatic heterocycles. The normalized spacial score (nSPS) is 19.9. The highest BCUT2D eigenvalue weighted by Crippen LogP contribution is 2.31. The van der Waals surface area contributed by atoms with E-state index in [2.05, 4.69) is 0 Å². The Hall–Kier alpha value is -2.28. The predicted molar refractivity (Wildman–Crippen MR) is 95.6 cm³/mol. The van der Waals surface area contributed by atoms with Gasteiger partial charge in [0, 0.05) is 19.1 Å². The molecule has 7 heteroatoms. The number of carboxylic acid groups (broad SMARTS) is 1. The number of carbonyl (C=O) groups excluding carboxylic acids is 1. The van der Waals surface area contributed by atoms with E-state index in [0.29, 0.717) is 31.9 Å². The Bertz CT molecular complexity index is 663. The summed E-state index contributed by atoms with van der Waals surface area (Å²) in [7, 11) is 1.84. The smallest absolute Gasteiger partial charge is 0.317 e. The molecule has 0 aliphatic carbocycles. The fourth-order valence-electron chi connectivity index (χ4n) is 3.60. The Kier molecular flexibility index (Phi) is 5.98. The Morgan fingerprint density at radius 2 is 1.96 bits per heavy atom. The van der Waals surface area contributed by atoms with Crippen LogP contribution < -0.4 is 9.47 Å². The molecule has 2 aliphatic rings. The minimum atomic E-state index is -0.816. The highest BCUT2D eigenvalue weighted by Gasteiger charge is 2.24. The van der Waals surface area contributed by atoms with Crippen molar-refractivity contribution >= 4 is 11.9 Å². The molecule has 1 aromatic carbocycles. The zero-order valence-electron chi connectivity index (χ0n) is 15.1. The minimum absolute atomic E-state index is 0.0375. The predicted octanol–water partition coefficient (Wildman–Crippen LogP) is 1.40. The van der Waals surface area contributed by atoms with E-state index in [4.69, 9.17) is 14.6 Å². The van der Waals surface area contributed by atoms with Crippen LogP contribution in [0.4, 0.5) is 0 Å². The number of carbonyl (C=O) groups is 2. The van der Waals surface area contributed by atoms with E-state index in [-0.39, 0.29) is 18.5 Å². The number of benzene rings is 1. The Morgan fingerprint density at radius 3 is 2.73 bits per heavy atom. The molecule has 1 atom stereocenters. The molecule has 0 saturated carbocycles. The zero-order chi connectivity index (χ0) is 18.5. The van der Waals surface area contributed by atoms with Crippen molar-refractivity contribution in [3.05, 3.63) is 23.8 Å². The molecule has 7 nitrogen and oxygen atoms in total. The van der Waals surface area contributed by atoms with Gasteiger partial charge in [0.15, 0.2) is 11.5 Å². The van der Waals surface area contributed by atoms with E-state index < -0.39 is 5.97 Å². The second kappa shape index (κ2) is 8.40. The lowest BCUT2D eigenvalue weighted by molar-refractivity contribution is -0.138. The molecule has 26 heavy (non-hydrogen) atoms. The van der Waals surface area contributed by atoms with Crippen molar-refractivity contribution in [1.82, 2.24) is 9.80 Å². The van der Waals surface area contributed by atoms with Gasteiger partial charge in [0.1, 0.15) is 13.2 Å². The summed E-state index contributed by atoms with van der Waals surface area (Å²) in [6.07, 6.45) is 2.95. The van der Waals surface area contributed by atoms with E-state index in [0.717, 1.165) is 37.1 Å². The number of rotatable bonds is 5. The summed E-state index contributed by atoms with van der Waals surface area (Å²) in [5.74, 6) is 0.714. The van der Waals surface area contributed by atoms with Crippen LogP contribution in [0.2, 0.25) is 0 Å². The second-order valence-electron chi connectivity index (χ2n) is 6.93. The molecule has 1 unspecified atom stereocenters. The highest BCUT2D eigenvalue weighted by atomic mass is 16.6. The first-order chi connectivity index (χ1) is 12.5. The molecule has 3 rings (SSSR count). The Morgan fingerprint density at radius 1 is 1.19 bits per heavy atom. The molecular weight excluding hydrogens is 336 g/mol. The lowest BCUT2D eigenvalue weighted by Crippen LogP contribution is -2.37. The van der Waals surface area contributed by atoms with Crippen molar-refractivity contribution in [3.8, 4) is 11.5 Å². The molecule has 0 bridgehead atoms. The number of hydrogen-bond acceptors (Lipinski definition) is 5. The van der Waals surface area contributed by atoms with Gasteiger partial charge in [-0.15, -0.1) is 0 Å². The van der Waals surface area contributed by atoms with Gasteiger partial charge in [-0.1, -0.05) is 6.07 Å². The third-order valence-corrected chi connectivity index (χ3v) is 5.02. The van der Waals surface area contributed by atoms with Crippen LogP contribution in [0.15, 0.2) is 18.2 Å². The summed E-state index contributed by atoms with van der Waals surface area (Å²) < 4.78 is 11.1. The van der Waals surface area contributed by atoms with Crippen LogP contribution in [0.5, 0.6) is 11.5 Å². The number of aliphatic carboxylic acids is 1. The number of ether oxygens (including phenoxy) is 2. The molecule has 2 heterocycles. The monoisotopic (exact) mass is 362 g/mol. The largest absolute Gasteiger partial charge is 0.486 e. The molecule has 142 valence electrons. The fourth-order valence-corrected chi connectivity index (χ4v) is 3.60. The summed E-state index contributed by atoms with van der Waals surface area (Å²) >= 11 is 0. The number of nitrogens with zero attached hydrogens (tertiary/aromatic N) is 2. The van der Waals surface area contributed by atoms with E-state index in [9.17, 15) is 9.59 Å². The first-order valence-corrected chi connectivity index (χ1v) is 9.11. The molecule has 0 aromatic heterocycles. The summed E-state index contributed by atoms with van der Waals surface area (Å²) in [4.78, 5) is 27.3. The number of fused-ring (bicyclic) bond motifs is 1. The third-order valence-electron chi connectivity index (χ3n) is 5.02. The molecule has 1 saturated heterocycles. The fraction of sp³-hybridized carbons (Fsp3) is 0.579. The average Bonchev–Trinajstić information content (AvgIpc) is 2.87. The van der Waals surface area contributed by atoms with Crippen molar-refractivity contribution in [2.24, 2.45) is 0 Å². The first-order valence-electron chi connectivity index (χ1n) is 9.11. The van der Waals surface area contributed by atoms with E-state index in [1.807, 2.05) is 35.0 Å². The number of amides is 1. The Labute approximate surface area is 153 Å². The number of carboxylic acids is 1. The van der Waals surface area contributed by atoms with Gasteiger partial charge in [-0.25, -0.2) is 0 Å². The molecule has 0 radical (unpaired) electrons. The highest BCUT2D eigenvalue weighted by molar-refractivity contribution is 5.79. The van der Waals surface area contributed by atoms with Crippen LogP contribution >= 0.6 is 0 Å². The van der Waals surface area contributed by atoms with Crippen molar-refractivity contribution in [3.63, 3.8) is 0 Å². The number of likely N-dealkylation sites (tertiary alicyclic amines) is 1. The lowest BCUT2D eigenvalue weighted by Gasteiger charge is -2.25. The van der Waals surface area contributed by atoms with Crippen molar-refractivity contribution < 1.29 is 24.2 Å². The van der Waals surface area contributed by atoms with Gasteiger partial charge in [0.05, 0.1) is 13.0 Å². The summed E-state index contributed by atoms with van der Waals surface area (Å²) in [5, 5.41) is 8.95.